The molecule has 1 aliphatic heterocycles. The molecule has 0 aliphatic carbocycles. The number of aromatic amines is 1. The van der Waals surface area contributed by atoms with Crippen LogP contribution in [-0.4, -0.2) is 47.0 Å². The first-order valence-electron chi connectivity index (χ1n) is 8.68. The summed E-state index contributed by atoms with van der Waals surface area (Å²) in [5.74, 6) is 0.596. The highest BCUT2D eigenvalue weighted by atomic mass is 16.2. The first-order valence-corrected chi connectivity index (χ1v) is 8.68. The molecule has 3 heterocycles. The van der Waals surface area contributed by atoms with Gasteiger partial charge in [-0.3, -0.25) is 9.59 Å². The van der Waals surface area contributed by atoms with E-state index in [1.165, 1.54) is 6.07 Å². The van der Waals surface area contributed by atoms with Crippen molar-refractivity contribution in [2.75, 3.05) is 31.1 Å². The van der Waals surface area contributed by atoms with Crippen molar-refractivity contribution in [3.8, 4) is 6.07 Å². The Morgan fingerprint density at radius 3 is 2.67 bits per heavy atom. The number of benzene rings is 1. The Kier molecular flexibility index (Phi) is 4.30. The fraction of sp³-hybridized carbons (Fsp3) is 0.200. The van der Waals surface area contributed by atoms with Crippen LogP contribution in [0, 0.1) is 11.3 Å². The van der Waals surface area contributed by atoms with Gasteiger partial charge < -0.3 is 14.8 Å². The lowest BCUT2D eigenvalue weighted by Crippen LogP contribution is -2.49. The molecule has 1 amide bonds. The number of piperazine rings is 1. The summed E-state index contributed by atoms with van der Waals surface area (Å²) in [5.41, 5.74) is 1.36. The van der Waals surface area contributed by atoms with E-state index >= 15 is 0 Å². The number of hydrogen-bond donors (Lipinski definition) is 1. The van der Waals surface area contributed by atoms with E-state index in [-0.39, 0.29) is 11.5 Å². The molecule has 7 heteroatoms. The molecule has 0 radical (unpaired) electrons. The monoisotopic (exact) mass is 359 g/mol. The Morgan fingerprint density at radius 1 is 1.11 bits per heavy atom. The molecule has 0 bridgehead atoms. The van der Waals surface area contributed by atoms with E-state index in [2.05, 4.69) is 20.9 Å². The Labute approximate surface area is 155 Å². The quantitative estimate of drug-likeness (QED) is 0.752. The summed E-state index contributed by atoms with van der Waals surface area (Å²) in [6, 6.07) is 14.2. The molecule has 2 aromatic heterocycles. The van der Waals surface area contributed by atoms with Crippen LogP contribution >= 0.6 is 0 Å². The summed E-state index contributed by atoms with van der Waals surface area (Å²) >= 11 is 0. The van der Waals surface area contributed by atoms with Gasteiger partial charge in [-0.2, -0.15) is 5.26 Å². The highest BCUT2D eigenvalue weighted by Crippen LogP contribution is 2.19. The second kappa shape index (κ2) is 6.92. The van der Waals surface area contributed by atoms with Crippen molar-refractivity contribution in [1.82, 2.24) is 14.9 Å². The third kappa shape index (κ3) is 3.25. The predicted molar refractivity (Wildman–Crippen MR) is 102 cm³/mol. The zero-order chi connectivity index (χ0) is 18.8. The minimum Gasteiger partial charge on any atom is -0.353 e. The van der Waals surface area contributed by atoms with Gasteiger partial charge in [0, 0.05) is 49.3 Å². The van der Waals surface area contributed by atoms with Gasteiger partial charge in [-0.05, 0) is 18.2 Å². The van der Waals surface area contributed by atoms with Crippen LogP contribution in [-0.2, 0) is 0 Å². The predicted octanol–water partition coefficient (Wildman–Crippen LogP) is 1.76. The zero-order valence-electron chi connectivity index (χ0n) is 14.6. The number of H-pyrrole nitrogens is 1. The van der Waals surface area contributed by atoms with Crippen LogP contribution in [0.5, 0.6) is 0 Å². The van der Waals surface area contributed by atoms with Crippen molar-refractivity contribution in [2.45, 2.75) is 0 Å². The summed E-state index contributed by atoms with van der Waals surface area (Å²) in [4.78, 5) is 35.8. The second-order valence-corrected chi connectivity index (χ2v) is 6.39. The summed E-state index contributed by atoms with van der Waals surface area (Å²) in [5, 5.41) is 9.78. The molecule has 1 fully saturated rings. The van der Waals surface area contributed by atoms with Crippen LogP contribution in [0.4, 0.5) is 5.82 Å². The molecule has 1 aromatic carbocycles. The maximum atomic E-state index is 13.0. The highest BCUT2D eigenvalue weighted by Gasteiger charge is 2.24. The first kappa shape index (κ1) is 16.8. The zero-order valence-corrected chi connectivity index (χ0v) is 14.6. The number of rotatable bonds is 2. The van der Waals surface area contributed by atoms with Crippen LogP contribution in [0.15, 0.2) is 53.5 Å². The number of pyridine rings is 2. The number of aromatic nitrogens is 2. The molecule has 27 heavy (non-hydrogen) atoms. The van der Waals surface area contributed by atoms with Crippen molar-refractivity contribution in [2.24, 2.45) is 0 Å². The number of carbonyl (C=O) groups excluding carboxylic acids is 1. The molecule has 3 aromatic rings. The van der Waals surface area contributed by atoms with Gasteiger partial charge in [0.15, 0.2) is 0 Å². The van der Waals surface area contributed by atoms with Crippen molar-refractivity contribution in [3.05, 3.63) is 70.1 Å². The SMILES string of the molecule is N#Cc1ccnc(N2CCN(C(=O)c3cc(=O)[nH]c4ccccc34)CC2)c1. The number of nitriles is 1. The van der Waals surface area contributed by atoms with E-state index in [0.29, 0.717) is 42.8 Å². The van der Waals surface area contributed by atoms with Gasteiger partial charge in [0.1, 0.15) is 5.82 Å². The van der Waals surface area contributed by atoms with Gasteiger partial charge >= 0.3 is 0 Å². The Bertz CT molecular complexity index is 1110. The van der Waals surface area contributed by atoms with E-state index in [0.717, 1.165) is 11.2 Å². The summed E-state index contributed by atoms with van der Waals surface area (Å²) < 4.78 is 0. The number of hydrogen-bond acceptors (Lipinski definition) is 5. The van der Waals surface area contributed by atoms with Crippen molar-refractivity contribution in [3.63, 3.8) is 0 Å². The molecule has 1 N–H and O–H groups in total. The summed E-state index contributed by atoms with van der Waals surface area (Å²) in [6.45, 7) is 2.29. The number of carbonyl (C=O) groups is 1. The highest BCUT2D eigenvalue weighted by molar-refractivity contribution is 6.06. The molecule has 134 valence electrons. The standard InChI is InChI=1S/C20H17N5O2/c21-13-14-5-6-22-18(11-14)24-7-9-25(10-8-24)20(27)16-12-19(26)23-17-4-2-1-3-15(16)17/h1-6,11-12H,7-10H2,(H,23,26). The maximum absolute atomic E-state index is 13.0. The average molecular weight is 359 g/mol. The molecular weight excluding hydrogens is 342 g/mol. The molecule has 4 rings (SSSR count). The molecule has 0 atom stereocenters. The van der Waals surface area contributed by atoms with Crippen molar-refractivity contribution >= 4 is 22.6 Å². The lowest BCUT2D eigenvalue weighted by atomic mass is 10.1. The lowest BCUT2D eigenvalue weighted by Gasteiger charge is -2.35. The summed E-state index contributed by atoms with van der Waals surface area (Å²) in [6.07, 6.45) is 1.62. The van der Waals surface area contributed by atoms with E-state index in [1.54, 1.807) is 29.3 Å². The molecular formula is C20H17N5O2. The average Bonchev–Trinajstić information content (AvgIpc) is 2.72. The van der Waals surface area contributed by atoms with Gasteiger partial charge in [-0.25, -0.2) is 4.98 Å². The van der Waals surface area contributed by atoms with Crippen LogP contribution < -0.4 is 10.5 Å². The lowest BCUT2D eigenvalue weighted by molar-refractivity contribution is 0.0748. The Morgan fingerprint density at radius 2 is 1.89 bits per heavy atom. The molecule has 0 unspecified atom stereocenters. The second-order valence-electron chi connectivity index (χ2n) is 6.39. The molecule has 1 saturated heterocycles. The van der Waals surface area contributed by atoms with E-state index in [4.69, 9.17) is 5.26 Å². The molecule has 0 spiro atoms. The van der Waals surface area contributed by atoms with Crippen LogP contribution in [0.25, 0.3) is 10.9 Å². The van der Waals surface area contributed by atoms with Gasteiger partial charge in [-0.1, -0.05) is 18.2 Å². The Hall–Kier alpha value is -3.66. The minimum absolute atomic E-state index is 0.143. The minimum atomic E-state index is -0.284. The largest absolute Gasteiger partial charge is 0.353 e. The topological polar surface area (TPSA) is 93.1 Å². The number of nitrogens with zero attached hydrogens (tertiary/aromatic N) is 4. The normalized spacial score (nSPS) is 14.2. The van der Waals surface area contributed by atoms with Gasteiger partial charge in [0.25, 0.3) is 5.91 Å². The molecule has 7 nitrogen and oxygen atoms in total. The third-order valence-electron chi connectivity index (χ3n) is 4.75. The third-order valence-corrected chi connectivity index (χ3v) is 4.75. The van der Waals surface area contributed by atoms with Crippen LogP contribution in [0.2, 0.25) is 0 Å². The van der Waals surface area contributed by atoms with Crippen molar-refractivity contribution < 1.29 is 4.79 Å². The van der Waals surface area contributed by atoms with Crippen molar-refractivity contribution in [1.29, 1.82) is 5.26 Å². The molecule has 0 saturated carbocycles. The van der Waals surface area contributed by atoms with E-state index in [9.17, 15) is 9.59 Å². The maximum Gasteiger partial charge on any atom is 0.254 e. The molecule has 1 aliphatic rings. The van der Waals surface area contributed by atoms with E-state index < -0.39 is 0 Å². The van der Waals surface area contributed by atoms with Crippen LogP contribution in [0.1, 0.15) is 15.9 Å². The number of para-hydroxylation sites is 1. The summed E-state index contributed by atoms with van der Waals surface area (Å²) in [7, 11) is 0. The number of fused-ring (bicyclic) bond motifs is 1. The smallest absolute Gasteiger partial charge is 0.254 e. The van der Waals surface area contributed by atoms with Crippen LogP contribution in [0.3, 0.4) is 0 Å². The van der Waals surface area contributed by atoms with E-state index in [1.807, 2.05) is 18.2 Å². The Balaban J connectivity index is 1.54. The first-order chi connectivity index (χ1) is 13.2. The number of anilines is 1. The number of amides is 1. The van der Waals surface area contributed by atoms with Gasteiger partial charge in [-0.15, -0.1) is 0 Å². The van der Waals surface area contributed by atoms with Gasteiger partial charge in [0.2, 0.25) is 5.56 Å². The fourth-order valence-electron chi connectivity index (χ4n) is 3.35. The van der Waals surface area contributed by atoms with Gasteiger partial charge in [0.05, 0.1) is 17.2 Å². The fourth-order valence-corrected chi connectivity index (χ4v) is 3.35. The number of nitrogens with one attached hydrogen (secondary N) is 1.